The Morgan fingerprint density at radius 2 is 1.77 bits per heavy atom. The average molecular weight is 411 g/mol. The second-order valence-corrected chi connectivity index (χ2v) is 7.23. The molecule has 1 amide bonds. The predicted molar refractivity (Wildman–Crippen MR) is 116 cm³/mol. The number of carbonyl (C=O) groups is 1. The van der Waals surface area contributed by atoms with Crippen molar-refractivity contribution in [3.63, 3.8) is 0 Å². The molecule has 2 aromatic carbocycles. The molecule has 2 atom stereocenters. The summed E-state index contributed by atoms with van der Waals surface area (Å²) in [7, 11) is 4.77. The number of carbonyl (C=O) groups excluding carboxylic acids is 1. The highest BCUT2D eigenvalue weighted by Gasteiger charge is 2.35. The molecular weight excluding hydrogens is 382 g/mol. The molecule has 30 heavy (non-hydrogen) atoms. The standard InChI is InChI=1S/C24H29NO5/c1-17-22(28-3)12-19(13-23(17)29-4)24(26)25-15-21(30-16-27-2)14-20(25)11-10-18-8-6-5-7-9-18/h5-13,20-21H,14-16H2,1-4H3/t20?,21-/m1/s1. The van der Waals surface area contributed by atoms with Crippen LogP contribution in [0, 0.1) is 6.92 Å². The van der Waals surface area contributed by atoms with Gasteiger partial charge in [-0.25, -0.2) is 0 Å². The molecule has 0 aromatic heterocycles. The molecule has 1 aliphatic rings. The number of ether oxygens (including phenoxy) is 4. The Morgan fingerprint density at radius 1 is 1.10 bits per heavy atom. The molecule has 160 valence electrons. The normalized spacial score (nSPS) is 18.7. The van der Waals surface area contributed by atoms with Gasteiger partial charge in [0.05, 0.1) is 26.4 Å². The maximum Gasteiger partial charge on any atom is 0.254 e. The van der Waals surface area contributed by atoms with E-state index in [1.54, 1.807) is 33.5 Å². The molecule has 1 fully saturated rings. The zero-order valence-corrected chi connectivity index (χ0v) is 18.0. The molecule has 2 aromatic rings. The lowest BCUT2D eigenvalue weighted by molar-refractivity contribution is -0.0666. The van der Waals surface area contributed by atoms with Crippen LogP contribution in [-0.2, 0) is 9.47 Å². The Labute approximate surface area is 178 Å². The van der Waals surface area contributed by atoms with Crippen LogP contribution in [0.3, 0.4) is 0 Å². The number of amides is 1. The molecule has 6 heteroatoms. The largest absolute Gasteiger partial charge is 0.496 e. The summed E-state index contributed by atoms with van der Waals surface area (Å²) in [5.74, 6) is 1.17. The van der Waals surface area contributed by atoms with Crippen LogP contribution in [0.4, 0.5) is 0 Å². The van der Waals surface area contributed by atoms with Crippen molar-refractivity contribution in [2.75, 3.05) is 34.7 Å². The van der Waals surface area contributed by atoms with Gasteiger partial charge in [0, 0.05) is 24.8 Å². The fourth-order valence-electron chi connectivity index (χ4n) is 3.69. The molecule has 0 spiro atoms. The minimum Gasteiger partial charge on any atom is -0.496 e. The van der Waals surface area contributed by atoms with Gasteiger partial charge in [0.1, 0.15) is 18.3 Å². The van der Waals surface area contributed by atoms with Crippen molar-refractivity contribution in [1.82, 2.24) is 4.90 Å². The van der Waals surface area contributed by atoms with Gasteiger partial charge < -0.3 is 23.8 Å². The second kappa shape index (κ2) is 10.3. The van der Waals surface area contributed by atoms with Crippen LogP contribution in [0.2, 0.25) is 0 Å². The van der Waals surface area contributed by atoms with Crippen LogP contribution < -0.4 is 9.47 Å². The van der Waals surface area contributed by atoms with Crippen LogP contribution in [-0.4, -0.2) is 57.6 Å². The predicted octanol–water partition coefficient (Wildman–Crippen LogP) is 3.93. The Bertz CT molecular complexity index is 855. The summed E-state index contributed by atoms with van der Waals surface area (Å²) in [6, 6.07) is 13.5. The number of hydrogen-bond acceptors (Lipinski definition) is 5. The first-order chi connectivity index (χ1) is 14.6. The van der Waals surface area contributed by atoms with Crippen LogP contribution in [0.5, 0.6) is 11.5 Å². The molecule has 0 aliphatic carbocycles. The summed E-state index contributed by atoms with van der Waals surface area (Å²) in [5, 5.41) is 0. The van der Waals surface area contributed by atoms with Crippen molar-refractivity contribution in [2.24, 2.45) is 0 Å². The molecule has 0 bridgehead atoms. The molecule has 1 heterocycles. The van der Waals surface area contributed by atoms with E-state index in [4.69, 9.17) is 18.9 Å². The fraction of sp³-hybridized carbons (Fsp3) is 0.375. The lowest BCUT2D eigenvalue weighted by Gasteiger charge is -2.23. The van der Waals surface area contributed by atoms with E-state index >= 15 is 0 Å². The van der Waals surface area contributed by atoms with Gasteiger partial charge in [-0.05, 0) is 31.0 Å². The molecule has 1 unspecified atom stereocenters. The van der Waals surface area contributed by atoms with E-state index in [2.05, 4.69) is 6.08 Å². The zero-order valence-electron chi connectivity index (χ0n) is 18.0. The van der Waals surface area contributed by atoms with Crippen molar-refractivity contribution in [3.8, 4) is 11.5 Å². The SMILES string of the molecule is COCO[C@@H]1CC(C=Cc2ccccc2)N(C(=O)c2cc(OC)c(C)c(OC)c2)C1. The number of nitrogens with zero attached hydrogens (tertiary/aromatic N) is 1. The van der Waals surface area contributed by atoms with Gasteiger partial charge >= 0.3 is 0 Å². The summed E-state index contributed by atoms with van der Waals surface area (Å²) in [4.78, 5) is 15.3. The van der Waals surface area contributed by atoms with Gasteiger partial charge in [0.15, 0.2) is 0 Å². The van der Waals surface area contributed by atoms with Crippen molar-refractivity contribution < 1.29 is 23.7 Å². The van der Waals surface area contributed by atoms with Crippen LogP contribution in [0.15, 0.2) is 48.5 Å². The summed E-state index contributed by atoms with van der Waals surface area (Å²) < 4.78 is 21.7. The number of hydrogen-bond donors (Lipinski definition) is 0. The second-order valence-electron chi connectivity index (χ2n) is 7.23. The molecule has 0 radical (unpaired) electrons. The quantitative estimate of drug-likeness (QED) is 0.616. The summed E-state index contributed by atoms with van der Waals surface area (Å²) in [5.41, 5.74) is 2.48. The molecule has 1 saturated heterocycles. The van der Waals surface area contributed by atoms with Gasteiger partial charge in [-0.3, -0.25) is 4.79 Å². The highest BCUT2D eigenvalue weighted by Crippen LogP contribution is 2.32. The van der Waals surface area contributed by atoms with E-state index in [1.165, 1.54) is 0 Å². The van der Waals surface area contributed by atoms with E-state index < -0.39 is 0 Å². The first-order valence-corrected chi connectivity index (χ1v) is 9.94. The summed E-state index contributed by atoms with van der Waals surface area (Å²) in [6.07, 6.45) is 4.72. The number of likely N-dealkylation sites (tertiary alicyclic amines) is 1. The first-order valence-electron chi connectivity index (χ1n) is 9.94. The summed E-state index contributed by atoms with van der Waals surface area (Å²) >= 11 is 0. The van der Waals surface area contributed by atoms with E-state index in [1.807, 2.05) is 48.2 Å². The van der Waals surface area contributed by atoms with Crippen LogP contribution in [0.1, 0.15) is 27.9 Å². The maximum atomic E-state index is 13.4. The van der Waals surface area contributed by atoms with Crippen molar-refractivity contribution in [1.29, 1.82) is 0 Å². The van der Waals surface area contributed by atoms with Gasteiger partial charge in [-0.2, -0.15) is 0 Å². The highest BCUT2D eigenvalue weighted by molar-refractivity contribution is 5.96. The Kier molecular flexibility index (Phi) is 7.49. The molecule has 0 saturated carbocycles. The van der Waals surface area contributed by atoms with Crippen molar-refractivity contribution >= 4 is 12.0 Å². The Morgan fingerprint density at radius 3 is 2.37 bits per heavy atom. The monoisotopic (exact) mass is 411 g/mol. The van der Waals surface area contributed by atoms with E-state index in [9.17, 15) is 4.79 Å². The zero-order chi connectivity index (χ0) is 21.5. The number of benzene rings is 2. The third-order valence-corrected chi connectivity index (χ3v) is 5.30. The lowest BCUT2D eigenvalue weighted by Crippen LogP contribution is -2.35. The average Bonchev–Trinajstić information content (AvgIpc) is 3.19. The molecule has 6 nitrogen and oxygen atoms in total. The van der Waals surface area contributed by atoms with E-state index in [-0.39, 0.29) is 24.8 Å². The smallest absolute Gasteiger partial charge is 0.254 e. The maximum absolute atomic E-state index is 13.4. The highest BCUT2D eigenvalue weighted by atomic mass is 16.7. The topological polar surface area (TPSA) is 57.2 Å². The third kappa shape index (κ3) is 5.01. The molecule has 1 aliphatic heterocycles. The Balaban J connectivity index is 1.87. The van der Waals surface area contributed by atoms with Gasteiger partial charge in [0.2, 0.25) is 0 Å². The van der Waals surface area contributed by atoms with Crippen LogP contribution in [0.25, 0.3) is 6.08 Å². The lowest BCUT2D eigenvalue weighted by atomic mass is 10.1. The molecule has 0 N–H and O–H groups in total. The minimum atomic E-state index is -0.0893. The van der Waals surface area contributed by atoms with Gasteiger partial charge in [-0.15, -0.1) is 0 Å². The minimum absolute atomic E-state index is 0.0853. The third-order valence-electron chi connectivity index (χ3n) is 5.30. The van der Waals surface area contributed by atoms with Crippen molar-refractivity contribution in [3.05, 3.63) is 65.2 Å². The summed E-state index contributed by atoms with van der Waals surface area (Å²) in [6.45, 7) is 2.60. The van der Waals surface area contributed by atoms with Gasteiger partial charge in [0.25, 0.3) is 5.91 Å². The molecule has 3 rings (SSSR count). The van der Waals surface area contributed by atoms with E-state index in [0.717, 1.165) is 11.1 Å². The van der Waals surface area contributed by atoms with Gasteiger partial charge in [-0.1, -0.05) is 42.5 Å². The number of methoxy groups -OCH3 is 3. The number of rotatable bonds is 8. The van der Waals surface area contributed by atoms with Crippen molar-refractivity contribution in [2.45, 2.75) is 25.5 Å². The Hall–Kier alpha value is -2.83. The molecular formula is C24H29NO5. The first kappa shape index (κ1) is 21.9. The fourth-order valence-corrected chi connectivity index (χ4v) is 3.69. The van der Waals surface area contributed by atoms with Crippen LogP contribution >= 0.6 is 0 Å². The van der Waals surface area contributed by atoms with E-state index in [0.29, 0.717) is 30.0 Å².